The molecule has 1 aliphatic heterocycles. The molecule has 2 nitrogen and oxygen atoms in total. The number of rotatable bonds is 4. The highest BCUT2D eigenvalue weighted by Gasteiger charge is 2.31. The number of hydrogen-bond donors (Lipinski definition) is 1. The van der Waals surface area contributed by atoms with Crippen LogP contribution in [0.25, 0.3) is 0 Å². The van der Waals surface area contributed by atoms with Crippen LogP contribution < -0.4 is 5.32 Å². The van der Waals surface area contributed by atoms with Crippen LogP contribution in [0.3, 0.4) is 0 Å². The predicted molar refractivity (Wildman–Crippen MR) is 73.9 cm³/mol. The Balaban J connectivity index is 0.00000106. The summed E-state index contributed by atoms with van der Waals surface area (Å²) in [5.41, 5.74) is 0.588. The van der Waals surface area contributed by atoms with Crippen LogP contribution in [0.2, 0.25) is 0 Å². The molecule has 0 unspecified atom stereocenters. The van der Waals surface area contributed by atoms with Gasteiger partial charge in [0, 0.05) is 12.6 Å². The topological polar surface area (TPSA) is 15.3 Å². The smallest absolute Gasteiger partial charge is 0.00385 e. The maximum atomic E-state index is 3.46. The second-order valence-corrected chi connectivity index (χ2v) is 5.11. The molecule has 1 saturated heterocycles. The molecule has 1 N–H and O–H groups in total. The summed E-state index contributed by atoms with van der Waals surface area (Å²) < 4.78 is 0. The van der Waals surface area contributed by atoms with Gasteiger partial charge in [-0.05, 0) is 58.7 Å². The first-order valence-electron chi connectivity index (χ1n) is 7.00. The zero-order chi connectivity index (χ0) is 12.6. The molecule has 0 aromatic carbocycles. The second-order valence-electron chi connectivity index (χ2n) is 5.11. The third kappa shape index (κ3) is 4.84. The van der Waals surface area contributed by atoms with Gasteiger partial charge in [0.15, 0.2) is 0 Å². The molecule has 1 heterocycles. The van der Waals surface area contributed by atoms with Crippen molar-refractivity contribution in [1.82, 2.24) is 10.2 Å². The molecular weight excluding hydrogens is 196 g/mol. The van der Waals surface area contributed by atoms with Crippen LogP contribution in [0.1, 0.15) is 53.9 Å². The van der Waals surface area contributed by atoms with Crippen LogP contribution in [0, 0.1) is 5.41 Å². The Kier molecular flexibility index (Phi) is 8.04. The molecular formula is C14H32N2. The lowest BCUT2D eigenvalue weighted by atomic mass is 9.76. The van der Waals surface area contributed by atoms with Crippen molar-refractivity contribution in [2.75, 3.05) is 26.7 Å². The summed E-state index contributed by atoms with van der Waals surface area (Å²) in [4.78, 5) is 2.49. The van der Waals surface area contributed by atoms with Crippen LogP contribution in [-0.2, 0) is 0 Å². The molecule has 0 atom stereocenters. The first kappa shape index (κ1) is 15.9. The lowest BCUT2D eigenvalue weighted by molar-refractivity contribution is 0.106. The van der Waals surface area contributed by atoms with Gasteiger partial charge in [0.1, 0.15) is 0 Å². The van der Waals surface area contributed by atoms with Crippen molar-refractivity contribution in [3.63, 3.8) is 0 Å². The lowest BCUT2D eigenvalue weighted by Crippen LogP contribution is -2.45. The fourth-order valence-electron chi connectivity index (χ4n) is 2.29. The zero-order valence-electron chi connectivity index (χ0n) is 12.3. The van der Waals surface area contributed by atoms with Crippen molar-refractivity contribution in [3.05, 3.63) is 0 Å². The first-order chi connectivity index (χ1) is 7.59. The van der Waals surface area contributed by atoms with Crippen molar-refractivity contribution in [3.8, 4) is 0 Å². The van der Waals surface area contributed by atoms with E-state index in [2.05, 4.69) is 38.0 Å². The van der Waals surface area contributed by atoms with Crippen LogP contribution in [-0.4, -0.2) is 37.6 Å². The van der Waals surface area contributed by atoms with E-state index in [4.69, 9.17) is 0 Å². The Labute approximate surface area is 103 Å². The standard InChI is InChI=1S/C12H26N2.C2H6/c1-5-12(6-8-13-9-7-12)10-14(4)11(2)3;1-2/h11,13H,5-10H2,1-4H3;1-2H3. The normalized spacial score (nSPS) is 19.5. The van der Waals surface area contributed by atoms with Gasteiger partial charge in [0.2, 0.25) is 0 Å². The highest BCUT2D eigenvalue weighted by molar-refractivity contribution is 4.86. The summed E-state index contributed by atoms with van der Waals surface area (Å²) in [6.07, 6.45) is 4.02. The number of hydrogen-bond acceptors (Lipinski definition) is 2. The van der Waals surface area contributed by atoms with Crippen molar-refractivity contribution in [2.45, 2.75) is 59.9 Å². The number of nitrogens with zero attached hydrogens (tertiary/aromatic N) is 1. The van der Waals surface area contributed by atoms with E-state index in [1.165, 1.54) is 38.9 Å². The van der Waals surface area contributed by atoms with Gasteiger partial charge < -0.3 is 10.2 Å². The van der Waals surface area contributed by atoms with E-state index >= 15 is 0 Å². The lowest BCUT2D eigenvalue weighted by Gasteiger charge is -2.41. The Morgan fingerprint density at radius 3 is 2.06 bits per heavy atom. The van der Waals surface area contributed by atoms with Gasteiger partial charge >= 0.3 is 0 Å². The highest BCUT2D eigenvalue weighted by Crippen LogP contribution is 2.33. The van der Waals surface area contributed by atoms with Crippen LogP contribution in [0.5, 0.6) is 0 Å². The van der Waals surface area contributed by atoms with E-state index < -0.39 is 0 Å². The van der Waals surface area contributed by atoms with Crippen molar-refractivity contribution in [2.24, 2.45) is 5.41 Å². The summed E-state index contributed by atoms with van der Waals surface area (Å²) in [5.74, 6) is 0. The quantitative estimate of drug-likeness (QED) is 0.795. The number of piperidine rings is 1. The molecule has 1 fully saturated rings. The fraction of sp³-hybridized carbons (Fsp3) is 1.00. The molecule has 16 heavy (non-hydrogen) atoms. The summed E-state index contributed by atoms with van der Waals surface area (Å²) in [7, 11) is 2.25. The van der Waals surface area contributed by atoms with E-state index in [1.807, 2.05) is 13.8 Å². The van der Waals surface area contributed by atoms with Crippen molar-refractivity contribution in [1.29, 1.82) is 0 Å². The maximum Gasteiger partial charge on any atom is 0.00385 e. The van der Waals surface area contributed by atoms with Crippen LogP contribution in [0.15, 0.2) is 0 Å². The molecule has 1 aliphatic rings. The van der Waals surface area contributed by atoms with E-state index in [0.717, 1.165) is 0 Å². The highest BCUT2D eigenvalue weighted by atomic mass is 15.1. The molecule has 1 rings (SSSR count). The van der Waals surface area contributed by atoms with Crippen molar-refractivity contribution >= 4 is 0 Å². The van der Waals surface area contributed by atoms with Gasteiger partial charge in [-0.1, -0.05) is 20.8 Å². The summed E-state index contributed by atoms with van der Waals surface area (Å²) in [6.45, 7) is 14.6. The zero-order valence-corrected chi connectivity index (χ0v) is 12.3. The fourth-order valence-corrected chi connectivity index (χ4v) is 2.29. The summed E-state index contributed by atoms with van der Waals surface area (Å²) >= 11 is 0. The second kappa shape index (κ2) is 8.08. The third-order valence-corrected chi connectivity index (χ3v) is 3.88. The third-order valence-electron chi connectivity index (χ3n) is 3.88. The number of nitrogens with one attached hydrogen (secondary N) is 1. The van der Waals surface area contributed by atoms with Crippen LogP contribution >= 0.6 is 0 Å². The van der Waals surface area contributed by atoms with Gasteiger partial charge in [0.05, 0.1) is 0 Å². The van der Waals surface area contributed by atoms with E-state index in [9.17, 15) is 0 Å². The van der Waals surface area contributed by atoms with E-state index in [1.54, 1.807) is 0 Å². The monoisotopic (exact) mass is 228 g/mol. The van der Waals surface area contributed by atoms with Gasteiger partial charge in [0.25, 0.3) is 0 Å². The summed E-state index contributed by atoms with van der Waals surface area (Å²) in [6, 6.07) is 0.674. The Morgan fingerprint density at radius 2 is 1.69 bits per heavy atom. The average molecular weight is 228 g/mol. The van der Waals surface area contributed by atoms with Gasteiger partial charge in [-0.25, -0.2) is 0 Å². The first-order valence-corrected chi connectivity index (χ1v) is 7.00. The molecule has 98 valence electrons. The van der Waals surface area contributed by atoms with Crippen LogP contribution in [0.4, 0.5) is 0 Å². The molecule has 0 aromatic heterocycles. The molecule has 0 amide bonds. The van der Waals surface area contributed by atoms with Gasteiger partial charge in [-0.2, -0.15) is 0 Å². The molecule has 0 aromatic rings. The Morgan fingerprint density at radius 1 is 1.19 bits per heavy atom. The minimum atomic E-state index is 0.588. The minimum Gasteiger partial charge on any atom is -0.317 e. The minimum absolute atomic E-state index is 0.588. The largest absolute Gasteiger partial charge is 0.317 e. The molecule has 0 aliphatic carbocycles. The maximum absolute atomic E-state index is 3.46. The molecule has 2 heteroatoms. The molecule has 0 bridgehead atoms. The van der Waals surface area contributed by atoms with E-state index in [-0.39, 0.29) is 0 Å². The van der Waals surface area contributed by atoms with Gasteiger partial charge in [-0.15, -0.1) is 0 Å². The molecule has 0 saturated carbocycles. The Bertz CT molecular complexity index is 160. The average Bonchev–Trinajstić information content (AvgIpc) is 2.32. The van der Waals surface area contributed by atoms with Crippen molar-refractivity contribution < 1.29 is 0 Å². The molecule has 0 spiro atoms. The Hall–Kier alpha value is -0.0800. The van der Waals surface area contributed by atoms with E-state index in [0.29, 0.717) is 11.5 Å². The SMILES string of the molecule is CC.CCC1(CN(C)C(C)C)CCNCC1. The summed E-state index contributed by atoms with van der Waals surface area (Å²) in [5, 5.41) is 3.46. The molecule has 0 radical (unpaired) electrons. The van der Waals surface area contributed by atoms with Gasteiger partial charge in [-0.3, -0.25) is 0 Å². The predicted octanol–water partition coefficient (Wildman–Crippen LogP) is 3.13.